The largest absolute Gasteiger partial charge is 0.308 e. The Bertz CT molecular complexity index is 432. The second-order valence-corrected chi connectivity index (χ2v) is 6.87. The van der Waals surface area contributed by atoms with Crippen molar-refractivity contribution in [2.45, 2.75) is 36.3 Å². The summed E-state index contributed by atoms with van der Waals surface area (Å²) in [6, 6.07) is 8.90. The van der Waals surface area contributed by atoms with Crippen LogP contribution in [-0.4, -0.2) is 21.3 Å². The van der Waals surface area contributed by atoms with Gasteiger partial charge in [-0.3, -0.25) is 4.21 Å². The first-order valence-electron chi connectivity index (χ1n) is 5.98. The molecule has 2 nitrogen and oxygen atoms in total. The minimum Gasteiger partial charge on any atom is -0.308 e. The maximum Gasteiger partial charge on any atom is 0.0549 e. The molecule has 0 amide bonds. The van der Waals surface area contributed by atoms with E-state index in [1.165, 1.54) is 11.1 Å². The Morgan fingerprint density at radius 1 is 1.38 bits per heavy atom. The van der Waals surface area contributed by atoms with Gasteiger partial charge in [0.2, 0.25) is 0 Å². The van der Waals surface area contributed by atoms with Crippen molar-refractivity contribution in [1.82, 2.24) is 5.32 Å². The lowest BCUT2D eigenvalue weighted by atomic mass is 9.87. The molecule has 86 valence electrons. The number of rotatable bonds is 0. The summed E-state index contributed by atoms with van der Waals surface area (Å²) >= 11 is 0. The molecule has 1 aromatic carbocycles. The number of benzene rings is 1. The minimum atomic E-state index is -0.671. The third kappa shape index (κ3) is 1.54. The molecule has 4 unspecified atom stereocenters. The summed E-state index contributed by atoms with van der Waals surface area (Å²) in [4.78, 5) is 0. The van der Waals surface area contributed by atoms with Crippen LogP contribution < -0.4 is 5.32 Å². The summed E-state index contributed by atoms with van der Waals surface area (Å²) < 4.78 is 12.2. The Labute approximate surface area is 98.9 Å². The normalized spacial score (nSPS) is 37.6. The molecule has 0 saturated carbocycles. The Kier molecular flexibility index (Phi) is 2.60. The van der Waals surface area contributed by atoms with Crippen molar-refractivity contribution in [2.24, 2.45) is 0 Å². The van der Waals surface area contributed by atoms with E-state index in [-0.39, 0.29) is 0 Å². The highest BCUT2D eigenvalue weighted by Gasteiger charge is 2.38. The zero-order chi connectivity index (χ0) is 11.1. The fraction of sp³-hybridized carbons (Fsp3) is 0.538. The summed E-state index contributed by atoms with van der Waals surface area (Å²) in [5.41, 5.74) is 2.81. The Morgan fingerprint density at radius 3 is 3.06 bits per heavy atom. The van der Waals surface area contributed by atoms with E-state index in [2.05, 4.69) is 36.5 Å². The van der Waals surface area contributed by atoms with Crippen LogP contribution in [0, 0.1) is 0 Å². The zero-order valence-electron chi connectivity index (χ0n) is 9.48. The topological polar surface area (TPSA) is 29.1 Å². The van der Waals surface area contributed by atoms with Gasteiger partial charge in [-0.25, -0.2) is 0 Å². The molecule has 3 heteroatoms. The number of aryl methyl sites for hydroxylation is 1. The predicted octanol–water partition coefficient (Wildman–Crippen LogP) is 1.78. The highest BCUT2D eigenvalue weighted by Crippen LogP contribution is 2.35. The van der Waals surface area contributed by atoms with E-state index in [4.69, 9.17) is 0 Å². The first kappa shape index (κ1) is 10.5. The molecule has 16 heavy (non-hydrogen) atoms. The summed E-state index contributed by atoms with van der Waals surface area (Å²) in [6.07, 6.45) is 2.14. The maximum absolute atomic E-state index is 12.2. The van der Waals surface area contributed by atoms with E-state index in [0.29, 0.717) is 16.5 Å². The van der Waals surface area contributed by atoms with Gasteiger partial charge < -0.3 is 5.32 Å². The van der Waals surface area contributed by atoms with Crippen LogP contribution in [0.25, 0.3) is 0 Å². The van der Waals surface area contributed by atoms with Crippen LogP contribution in [0.2, 0.25) is 0 Å². The lowest BCUT2D eigenvalue weighted by Gasteiger charge is -2.39. The van der Waals surface area contributed by atoms with E-state index in [9.17, 15) is 4.21 Å². The third-order valence-corrected chi connectivity index (χ3v) is 5.84. The molecule has 1 fully saturated rings. The van der Waals surface area contributed by atoms with Gasteiger partial charge in [-0.15, -0.1) is 0 Å². The second kappa shape index (κ2) is 3.97. The van der Waals surface area contributed by atoms with Gasteiger partial charge in [0.15, 0.2) is 0 Å². The molecule has 0 radical (unpaired) electrons. The van der Waals surface area contributed by atoms with Crippen LogP contribution in [-0.2, 0) is 17.2 Å². The molecule has 4 atom stereocenters. The first-order valence-corrected chi connectivity index (χ1v) is 7.25. The molecular weight excluding hydrogens is 218 g/mol. The number of hydrogen-bond donors (Lipinski definition) is 1. The van der Waals surface area contributed by atoms with Gasteiger partial charge in [-0.2, -0.15) is 0 Å². The van der Waals surface area contributed by atoms with Crippen molar-refractivity contribution >= 4 is 10.8 Å². The highest BCUT2D eigenvalue weighted by atomic mass is 32.2. The molecule has 2 aliphatic rings. The fourth-order valence-electron chi connectivity index (χ4n) is 2.90. The molecule has 1 aromatic rings. The van der Waals surface area contributed by atoms with E-state index >= 15 is 0 Å². The molecule has 0 bridgehead atoms. The van der Waals surface area contributed by atoms with E-state index in [0.717, 1.165) is 19.4 Å². The summed E-state index contributed by atoms with van der Waals surface area (Å²) in [5, 5.41) is 4.18. The van der Waals surface area contributed by atoms with Gasteiger partial charge in [0, 0.05) is 28.6 Å². The summed E-state index contributed by atoms with van der Waals surface area (Å²) in [6.45, 7) is 2.96. The monoisotopic (exact) mass is 235 g/mol. The zero-order valence-corrected chi connectivity index (χ0v) is 10.3. The number of hydrogen-bond acceptors (Lipinski definition) is 2. The Morgan fingerprint density at radius 2 is 2.19 bits per heavy atom. The van der Waals surface area contributed by atoms with Crippen molar-refractivity contribution in [3.63, 3.8) is 0 Å². The van der Waals surface area contributed by atoms with E-state index in [1.54, 1.807) is 0 Å². The molecular formula is C13H17NOS. The van der Waals surface area contributed by atoms with Gasteiger partial charge >= 0.3 is 0 Å². The standard InChI is InChI=1S/C13H17NOS/c1-9-8-14-13-11-5-3-2-4-10(11)6-7-12(13)16(9)15/h2-5,9,12-14H,6-8H2,1H3. The van der Waals surface area contributed by atoms with Crippen LogP contribution in [0.1, 0.15) is 30.5 Å². The van der Waals surface area contributed by atoms with E-state index < -0.39 is 10.8 Å². The predicted molar refractivity (Wildman–Crippen MR) is 66.9 cm³/mol. The molecule has 1 aliphatic heterocycles. The second-order valence-electron chi connectivity index (χ2n) is 4.80. The molecule has 0 spiro atoms. The van der Waals surface area contributed by atoms with Crippen LogP contribution in [0.5, 0.6) is 0 Å². The SMILES string of the molecule is CC1CNC2c3ccccc3CCC2S1=O. The van der Waals surface area contributed by atoms with Gasteiger partial charge in [0.05, 0.1) is 5.25 Å². The molecule has 1 saturated heterocycles. The molecule has 1 N–H and O–H groups in total. The van der Waals surface area contributed by atoms with Gasteiger partial charge in [-0.1, -0.05) is 24.3 Å². The summed E-state index contributed by atoms with van der Waals surface area (Å²) in [7, 11) is -0.671. The van der Waals surface area contributed by atoms with Gasteiger partial charge in [0.25, 0.3) is 0 Å². The smallest absolute Gasteiger partial charge is 0.0549 e. The average molecular weight is 235 g/mol. The van der Waals surface area contributed by atoms with Crippen LogP contribution in [0.4, 0.5) is 0 Å². The lowest BCUT2D eigenvalue weighted by Crippen LogP contribution is -2.49. The molecule has 0 aromatic heterocycles. The fourth-order valence-corrected chi connectivity index (χ4v) is 4.61. The lowest BCUT2D eigenvalue weighted by molar-refractivity contribution is 0.439. The first-order chi connectivity index (χ1) is 7.77. The van der Waals surface area contributed by atoms with Crippen molar-refractivity contribution in [2.75, 3.05) is 6.54 Å². The van der Waals surface area contributed by atoms with Crippen LogP contribution in [0.15, 0.2) is 24.3 Å². The number of fused-ring (bicyclic) bond motifs is 3. The van der Waals surface area contributed by atoms with Gasteiger partial charge in [-0.05, 0) is 30.9 Å². The van der Waals surface area contributed by atoms with Crippen LogP contribution in [0.3, 0.4) is 0 Å². The third-order valence-electron chi connectivity index (χ3n) is 3.78. The average Bonchev–Trinajstić information content (AvgIpc) is 2.33. The summed E-state index contributed by atoms with van der Waals surface area (Å²) in [5.74, 6) is 0. The molecule has 1 heterocycles. The van der Waals surface area contributed by atoms with Crippen molar-refractivity contribution in [3.05, 3.63) is 35.4 Å². The van der Waals surface area contributed by atoms with E-state index in [1.807, 2.05) is 0 Å². The van der Waals surface area contributed by atoms with Gasteiger partial charge in [0.1, 0.15) is 0 Å². The number of nitrogens with one attached hydrogen (secondary N) is 1. The van der Waals surface area contributed by atoms with Crippen molar-refractivity contribution in [3.8, 4) is 0 Å². The molecule has 1 aliphatic carbocycles. The molecule has 3 rings (SSSR count). The van der Waals surface area contributed by atoms with Crippen molar-refractivity contribution in [1.29, 1.82) is 0 Å². The minimum absolute atomic E-state index is 0.298. The highest BCUT2D eigenvalue weighted by molar-refractivity contribution is 7.86. The Balaban J connectivity index is 1.99. The Hall–Kier alpha value is -0.670. The maximum atomic E-state index is 12.2. The van der Waals surface area contributed by atoms with Crippen molar-refractivity contribution < 1.29 is 4.21 Å². The van der Waals surface area contributed by atoms with Crippen LogP contribution >= 0.6 is 0 Å². The quantitative estimate of drug-likeness (QED) is 0.742.